The maximum Gasteiger partial charge on any atom is 0.0477 e. The van der Waals surface area contributed by atoms with Crippen LogP contribution in [0.15, 0.2) is 108 Å². The van der Waals surface area contributed by atoms with Crippen LogP contribution in [0, 0.1) is 19.4 Å². The first-order valence-corrected chi connectivity index (χ1v) is 12.6. The van der Waals surface area contributed by atoms with E-state index in [4.69, 9.17) is 5.73 Å². The molecule has 2 aliphatic carbocycles. The number of nitrogens with one attached hydrogen (secondary N) is 1. The van der Waals surface area contributed by atoms with Gasteiger partial charge in [0.05, 0.1) is 0 Å². The first-order valence-electron chi connectivity index (χ1n) is 11.8. The van der Waals surface area contributed by atoms with Crippen LogP contribution in [-0.2, 0) is 25.8 Å². The minimum atomic E-state index is 0. The van der Waals surface area contributed by atoms with Crippen LogP contribution in [0.2, 0.25) is 0 Å². The Balaban J connectivity index is 0.000000452. The second-order valence-electron chi connectivity index (χ2n) is 8.64. The molecule has 1 nitrogen and oxygen atoms in total. The molecule has 35 heavy (non-hydrogen) atoms. The largest absolute Gasteiger partial charge is 0.675 e. The van der Waals surface area contributed by atoms with Gasteiger partial charge < -0.3 is 13.2 Å². The summed E-state index contributed by atoms with van der Waals surface area (Å²) in [6, 6.07) is 31.4. The molecule has 1 atom stereocenters. The summed E-state index contributed by atoms with van der Waals surface area (Å²) in [6.07, 6.45) is 6.96. The zero-order valence-electron chi connectivity index (χ0n) is 22.1. The second-order valence-corrected chi connectivity index (χ2v) is 9.46. The smallest absolute Gasteiger partial charge is 0.0477 e. The first-order chi connectivity index (χ1) is 15.9. The van der Waals surface area contributed by atoms with Crippen LogP contribution >= 0.6 is 0 Å². The van der Waals surface area contributed by atoms with E-state index in [-0.39, 0.29) is 33.3 Å². The SMILES string of the molecule is CC1=[C-]C(C)C(C)=C1C.[CH3-].[Hf].[NH-]C1CCC1.[SiH2]c1ccccc1.c1ccc(-c2ccccc2)cc1. The van der Waals surface area contributed by atoms with Gasteiger partial charge in [0.25, 0.3) is 0 Å². The molecule has 1 unspecified atom stereocenters. The fourth-order valence-electron chi connectivity index (χ4n) is 3.31. The van der Waals surface area contributed by atoms with Gasteiger partial charge in [0.2, 0.25) is 0 Å². The zero-order valence-corrected chi connectivity index (χ0v) is 27.2. The molecule has 1 saturated carbocycles. The molecule has 0 heterocycles. The van der Waals surface area contributed by atoms with E-state index in [1.54, 1.807) is 0 Å². The van der Waals surface area contributed by atoms with Crippen LogP contribution in [0.4, 0.5) is 0 Å². The quantitative estimate of drug-likeness (QED) is 0.189. The topological polar surface area (TPSA) is 23.8 Å². The summed E-state index contributed by atoms with van der Waals surface area (Å²) in [6.45, 7) is 8.67. The molecule has 1 radical (unpaired) electrons. The maximum absolute atomic E-state index is 6.91. The Morgan fingerprint density at radius 3 is 1.29 bits per heavy atom. The van der Waals surface area contributed by atoms with E-state index in [2.05, 4.69) is 94.4 Å². The van der Waals surface area contributed by atoms with Gasteiger partial charge in [0, 0.05) is 36.1 Å². The van der Waals surface area contributed by atoms with Gasteiger partial charge in [0.15, 0.2) is 0 Å². The minimum absolute atomic E-state index is 0. The number of hydrogen-bond donors (Lipinski definition) is 0. The molecule has 0 aromatic heterocycles. The first kappa shape index (κ1) is 33.2. The summed E-state index contributed by atoms with van der Waals surface area (Å²) in [5.74, 6) is 0.560. The molecule has 3 aromatic carbocycles. The zero-order chi connectivity index (χ0) is 24.1. The van der Waals surface area contributed by atoms with Gasteiger partial charge in [-0.1, -0.05) is 142 Å². The van der Waals surface area contributed by atoms with Crippen molar-refractivity contribution in [2.75, 3.05) is 0 Å². The maximum atomic E-state index is 6.91. The van der Waals surface area contributed by atoms with Crippen molar-refractivity contribution in [2.24, 2.45) is 5.92 Å². The molecular formula is C32H41HfNSi-3. The van der Waals surface area contributed by atoms with Gasteiger partial charge in [-0.15, -0.1) is 13.0 Å². The van der Waals surface area contributed by atoms with Crippen LogP contribution < -0.4 is 5.19 Å². The van der Waals surface area contributed by atoms with Crippen molar-refractivity contribution in [1.29, 1.82) is 0 Å². The van der Waals surface area contributed by atoms with E-state index in [1.807, 2.05) is 40.6 Å². The molecule has 0 saturated heterocycles. The van der Waals surface area contributed by atoms with Crippen molar-refractivity contribution in [1.82, 2.24) is 0 Å². The van der Waals surface area contributed by atoms with E-state index in [9.17, 15) is 0 Å². The van der Waals surface area contributed by atoms with Gasteiger partial charge in [-0.3, -0.25) is 6.08 Å². The Labute approximate surface area is 237 Å². The monoisotopic (exact) mass is 647 g/mol. The Morgan fingerprint density at radius 1 is 0.743 bits per heavy atom. The van der Waals surface area contributed by atoms with E-state index in [0.29, 0.717) is 12.0 Å². The van der Waals surface area contributed by atoms with Crippen molar-refractivity contribution in [3.05, 3.63) is 127 Å². The third-order valence-electron chi connectivity index (χ3n) is 6.07. The Kier molecular flexibility index (Phi) is 17.5. The number of allylic oxidation sites excluding steroid dienone is 4. The van der Waals surface area contributed by atoms with Crippen LogP contribution in [0.5, 0.6) is 0 Å². The Bertz CT molecular complexity index is 956. The number of rotatable bonds is 1. The van der Waals surface area contributed by atoms with Crippen molar-refractivity contribution >= 4 is 15.4 Å². The van der Waals surface area contributed by atoms with Crippen molar-refractivity contribution in [2.45, 2.75) is 53.0 Å². The van der Waals surface area contributed by atoms with Crippen LogP contribution in [0.3, 0.4) is 0 Å². The molecule has 0 amide bonds. The normalized spacial score (nSPS) is 15.7. The number of benzene rings is 3. The molecular weight excluding hydrogens is 605 g/mol. The average molecular weight is 646 g/mol. The van der Waals surface area contributed by atoms with Crippen molar-refractivity contribution in [3.8, 4) is 11.1 Å². The average Bonchev–Trinajstić information content (AvgIpc) is 3.06. The molecule has 5 rings (SSSR count). The van der Waals surface area contributed by atoms with Gasteiger partial charge in [-0.2, -0.15) is 11.1 Å². The van der Waals surface area contributed by atoms with Crippen LogP contribution in [0.1, 0.15) is 47.0 Å². The molecule has 0 bridgehead atoms. The van der Waals surface area contributed by atoms with Gasteiger partial charge in [0.1, 0.15) is 0 Å². The molecule has 185 valence electrons. The predicted octanol–water partition coefficient (Wildman–Crippen LogP) is 8.06. The third kappa shape index (κ3) is 12.6. The Morgan fingerprint density at radius 2 is 1.11 bits per heavy atom. The molecule has 1 N–H and O–H groups in total. The fourth-order valence-corrected chi connectivity index (χ4v) is 3.58. The van der Waals surface area contributed by atoms with E-state index in [1.165, 1.54) is 39.5 Å². The molecule has 1 fully saturated rings. The molecule has 0 spiro atoms. The van der Waals surface area contributed by atoms with Crippen molar-refractivity contribution in [3.63, 3.8) is 0 Å². The van der Waals surface area contributed by atoms with Crippen molar-refractivity contribution < 1.29 is 25.8 Å². The summed E-state index contributed by atoms with van der Waals surface area (Å²) in [5, 5.41) is 1.35. The standard InChI is InChI=1S/C12H10.C9H13.C6H7Si.C4H8N.CH3.Hf/c1-3-7-11(8-4-1)12-9-5-2-6-10-12;1-6-5-7(2)9(4)8(6)3;7-6-4-2-1-3-5-6;5-4-2-1-3-4;;/h1-10H;6H,1-4H3;1-5H,7H2;4-5H,1-3H2;1H3;/q;-1;;2*-1;. The fraction of sp³-hybridized carbons (Fsp3) is 0.281. The number of hydrogen-bond acceptors (Lipinski definition) is 0. The summed E-state index contributed by atoms with van der Waals surface area (Å²) in [7, 11) is 1.90. The van der Waals surface area contributed by atoms with Crippen LogP contribution in [0.25, 0.3) is 16.9 Å². The summed E-state index contributed by atoms with van der Waals surface area (Å²) >= 11 is 0. The summed E-state index contributed by atoms with van der Waals surface area (Å²) in [4.78, 5) is 0. The second kappa shape index (κ2) is 18.5. The predicted molar refractivity (Wildman–Crippen MR) is 155 cm³/mol. The van der Waals surface area contributed by atoms with E-state index < -0.39 is 0 Å². The summed E-state index contributed by atoms with van der Waals surface area (Å²) < 4.78 is 0. The molecule has 2 aliphatic rings. The molecule has 3 aromatic rings. The van der Waals surface area contributed by atoms with Crippen LogP contribution in [-0.4, -0.2) is 16.3 Å². The van der Waals surface area contributed by atoms with Gasteiger partial charge >= 0.3 is 0 Å². The van der Waals surface area contributed by atoms with Gasteiger partial charge in [-0.05, 0) is 11.1 Å². The molecule has 3 heteroatoms. The minimum Gasteiger partial charge on any atom is -0.675 e. The summed E-state index contributed by atoms with van der Waals surface area (Å²) in [5.41, 5.74) is 13.7. The molecule has 0 aliphatic heterocycles. The Hall–Kier alpha value is -1.81. The van der Waals surface area contributed by atoms with E-state index in [0.717, 1.165) is 12.8 Å². The van der Waals surface area contributed by atoms with Gasteiger partial charge in [-0.25, -0.2) is 5.57 Å². The third-order valence-corrected chi connectivity index (χ3v) is 6.54. The van der Waals surface area contributed by atoms with E-state index >= 15 is 0 Å².